The van der Waals surface area contributed by atoms with Crippen LogP contribution < -0.4 is 0 Å². The second-order valence-electron chi connectivity index (χ2n) is 7.62. The quantitative estimate of drug-likeness (QED) is 0.781. The molecular weight excluding hydrogens is 300 g/mol. The van der Waals surface area contributed by atoms with E-state index in [2.05, 4.69) is 22.0 Å². The predicted molar refractivity (Wildman–Crippen MR) is 92.1 cm³/mol. The van der Waals surface area contributed by atoms with Crippen molar-refractivity contribution in [3.8, 4) is 0 Å². The molecule has 4 heteroatoms. The lowest BCUT2D eigenvalue weighted by molar-refractivity contribution is -0.134. The first-order valence-corrected chi connectivity index (χ1v) is 9.18. The van der Waals surface area contributed by atoms with Crippen molar-refractivity contribution in [1.29, 1.82) is 0 Å². The van der Waals surface area contributed by atoms with Crippen LogP contribution in [-0.2, 0) is 16.1 Å². The topological polar surface area (TPSA) is 42.4 Å². The minimum absolute atomic E-state index is 0.177. The van der Waals surface area contributed by atoms with Crippen LogP contribution in [0.4, 0.5) is 0 Å². The van der Waals surface area contributed by atoms with Gasteiger partial charge in [0, 0.05) is 30.6 Å². The Balaban J connectivity index is 1.36. The van der Waals surface area contributed by atoms with Gasteiger partial charge >= 0.3 is 0 Å². The maximum atomic E-state index is 12.8. The number of amides is 1. The van der Waals surface area contributed by atoms with Gasteiger partial charge in [-0.15, -0.1) is 0 Å². The molecule has 0 N–H and O–H groups in total. The smallest absolute Gasteiger partial charge is 0.226 e. The molecule has 2 fully saturated rings. The Bertz CT molecular complexity index is 607. The average Bonchev–Trinajstić information content (AvgIpc) is 3.31. The normalized spacial score (nSPS) is 29.3. The molecule has 2 aliphatic carbocycles. The van der Waals surface area contributed by atoms with Gasteiger partial charge in [0.2, 0.25) is 5.91 Å². The molecule has 2 heterocycles. The molecule has 4 nitrogen and oxygen atoms in total. The lowest BCUT2D eigenvalue weighted by Crippen LogP contribution is -2.37. The second-order valence-corrected chi connectivity index (χ2v) is 7.62. The van der Waals surface area contributed by atoms with E-state index in [1.165, 1.54) is 19.3 Å². The van der Waals surface area contributed by atoms with Crippen LogP contribution in [0.1, 0.15) is 37.8 Å². The summed E-state index contributed by atoms with van der Waals surface area (Å²) in [7, 11) is 0. The maximum Gasteiger partial charge on any atom is 0.226 e. The van der Waals surface area contributed by atoms with Crippen molar-refractivity contribution in [3.63, 3.8) is 0 Å². The first-order valence-electron chi connectivity index (χ1n) is 9.18. The number of hydrogen-bond acceptors (Lipinski definition) is 3. The summed E-state index contributed by atoms with van der Waals surface area (Å²) < 4.78 is 6.05. The summed E-state index contributed by atoms with van der Waals surface area (Å²) in [6.07, 6.45) is 11.6. The van der Waals surface area contributed by atoms with Crippen LogP contribution in [-0.4, -0.2) is 35.5 Å². The minimum atomic E-state index is 0.177. The zero-order chi connectivity index (χ0) is 16.4. The SMILES string of the molecule is O=C(C1CC=CC1)N1C[C@H]2CCC[C@@]2(COCc2ccccn2)C1. The molecule has 0 unspecified atom stereocenters. The molecule has 1 aromatic rings. The zero-order valence-corrected chi connectivity index (χ0v) is 14.2. The van der Waals surface area contributed by atoms with Crippen LogP contribution in [0.15, 0.2) is 36.5 Å². The third-order valence-electron chi connectivity index (χ3n) is 6.07. The van der Waals surface area contributed by atoms with Crippen LogP contribution in [0.3, 0.4) is 0 Å². The number of likely N-dealkylation sites (tertiary alicyclic amines) is 1. The first kappa shape index (κ1) is 15.8. The molecule has 0 radical (unpaired) electrons. The second kappa shape index (κ2) is 6.67. The minimum Gasteiger partial charge on any atom is -0.375 e. The number of nitrogens with zero attached hydrogens (tertiary/aromatic N) is 2. The van der Waals surface area contributed by atoms with Gasteiger partial charge in [-0.1, -0.05) is 24.6 Å². The van der Waals surface area contributed by atoms with Crippen LogP contribution in [0.25, 0.3) is 0 Å². The highest BCUT2D eigenvalue weighted by atomic mass is 16.5. The van der Waals surface area contributed by atoms with E-state index in [1.807, 2.05) is 18.2 Å². The van der Waals surface area contributed by atoms with Crippen molar-refractivity contribution in [2.45, 2.75) is 38.7 Å². The fourth-order valence-corrected chi connectivity index (χ4v) is 4.74. The lowest BCUT2D eigenvalue weighted by atomic mass is 9.81. The lowest BCUT2D eigenvalue weighted by Gasteiger charge is -2.29. The van der Waals surface area contributed by atoms with Crippen LogP contribution >= 0.6 is 0 Å². The predicted octanol–water partition coefficient (Wildman–Crippen LogP) is 3.19. The van der Waals surface area contributed by atoms with Crippen molar-refractivity contribution in [1.82, 2.24) is 9.88 Å². The van der Waals surface area contributed by atoms with E-state index in [1.54, 1.807) is 6.20 Å². The molecule has 0 aromatic carbocycles. The molecule has 24 heavy (non-hydrogen) atoms. The molecule has 128 valence electrons. The van der Waals surface area contributed by atoms with Gasteiger partial charge < -0.3 is 9.64 Å². The fourth-order valence-electron chi connectivity index (χ4n) is 4.74. The zero-order valence-electron chi connectivity index (χ0n) is 14.2. The summed E-state index contributed by atoms with van der Waals surface area (Å²) in [4.78, 5) is 19.2. The van der Waals surface area contributed by atoms with Crippen molar-refractivity contribution in [2.75, 3.05) is 19.7 Å². The Kier molecular flexibility index (Phi) is 4.40. The van der Waals surface area contributed by atoms with Gasteiger partial charge in [-0.2, -0.15) is 0 Å². The van der Waals surface area contributed by atoms with Crippen molar-refractivity contribution in [2.24, 2.45) is 17.3 Å². The molecule has 1 aromatic heterocycles. The summed E-state index contributed by atoms with van der Waals surface area (Å²) >= 11 is 0. The van der Waals surface area contributed by atoms with E-state index < -0.39 is 0 Å². The highest BCUT2D eigenvalue weighted by molar-refractivity contribution is 5.80. The molecule has 1 amide bonds. The van der Waals surface area contributed by atoms with E-state index in [0.717, 1.165) is 38.2 Å². The number of hydrogen-bond donors (Lipinski definition) is 0. The summed E-state index contributed by atoms with van der Waals surface area (Å²) in [5.74, 6) is 1.16. The average molecular weight is 326 g/mol. The van der Waals surface area contributed by atoms with E-state index in [-0.39, 0.29) is 11.3 Å². The summed E-state index contributed by atoms with van der Waals surface area (Å²) in [5.41, 5.74) is 1.16. The number of fused-ring (bicyclic) bond motifs is 1. The van der Waals surface area contributed by atoms with Gasteiger partial charge in [0.1, 0.15) is 0 Å². The summed E-state index contributed by atoms with van der Waals surface area (Å²) in [6, 6.07) is 5.92. The summed E-state index contributed by atoms with van der Waals surface area (Å²) in [6.45, 7) is 3.13. The van der Waals surface area contributed by atoms with Gasteiger partial charge in [-0.3, -0.25) is 9.78 Å². The number of carbonyl (C=O) groups is 1. The third-order valence-corrected chi connectivity index (χ3v) is 6.07. The van der Waals surface area contributed by atoms with Gasteiger partial charge in [0.25, 0.3) is 0 Å². The molecule has 1 saturated carbocycles. The van der Waals surface area contributed by atoms with E-state index >= 15 is 0 Å². The first-order chi connectivity index (χ1) is 11.8. The van der Waals surface area contributed by atoms with Gasteiger partial charge in [0.15, 0.2) is 0 Å². The standard InChI is InChI=1S/C20H26N2O2/c23-19(16-6-1-2-7-16)22-12-17-8-5-10-20(17,14-22)15-24-13-18-9-3-4-11-21-18/h1-4,9,11,16-17H,5-8,10,12-15H2/t17-,20+/m1/s1. The van der Waals surface area contributed by atoms with Gasteiger partial charge in [-0.25, -0.2) is 0 Å². The Labute approximate surface area is 143 Å². The number of allylic oxidation sites excluding steroid dienone is 2. The van der Waals surface area contributed by atoms with E-state index in [4.69, 9.17) is 4.74 Å². The maximum absolute atomic E-state index is 12.8. The monoisotopic (exact) mass is 326 g/mol. The molecule has 4 rings (SSSR count). The number of ether oxygens (including phenoxy) is 1. The van der Waals surface area contributed by atoms with E-state index in [0.29, 0.717) is 18.4 Å². The molecule has 3 aliphatic rings. The fraction of sp³-hybridized carbons (Fsp3) is 0.600. The van der Waals surface area contributed by atoms with Crippen molar-refractivity contribution in [3.05, 3.63) is 42.2 Å². The van der Waals surface area contributed by atoms with Crippen LogP contribution in [0.5, 0.6) is 0 Å². The van der Waals surface area contributed by atoms with Crippen molar-refractivity contribution < 1.29 is 9.53 Å². The Morgan fingerprint density at radius 2 is 2.21 bits per heavy atom. The Morgan fingerprint density at radius 1 is 1.33 bits per heavy atom. The van der Waals surface area contributed by atoms with Crippen LogP contribution in [0.2, 0.25) is 0 Å². The molecule has 1 saturated heterocycles. The van der Waals surface area contributed by atoms with Crippen LogP contribution in [0, 0.1) is 17.3 Å². The Hall–Kier alpha value is -1.68. The highest BCUT2D eigenvalue weighted by Crippen LogP contribution is 2.49. The molecule has 0 spiro atoms. The summed E-state index contributed by atoms with van der Waals surface area (Å²) in [5, 5.41) is 0. The van der Waals surface area contributed by atoms with E-state index in [9.17, 15) is 4.79 Å². The number of carbonyl (C=O) groups excluding carboxylic acids is 1. The number of pyridine rings is 1. The largest absolute Gasteiger partial charge is 0.375 e. The van der Waals surface area contributed by atoms with Crippen molar-refractivity contribution >= 4 is 5.91 Å². The Morgan fingerprint density at radius 3 is 3.00 bits per heavy atom. The molecular formula is C20H26N2O2. The molecule has 2 atom stereocenters. The molecule has 0 bridgehead atoms. The number of aromatic nitrogens is 1. The molecule has 1 aliphatic heterocycles. The van der Waals surface area contributed by atoms with Gasteiger partial charge in [0.05, 0.1) is 18.9 Å². The van der Waals surface area contributed by atoms with Gasteiger partial charge in [-0.05, 0) is 43.7 Å². The third kappa shape index (κ3) is 3.00. The number of rotatable bonds is 5. The highest BCUT2D eigenvalue weighted by Gasteiger charge is 2.51.